The van der Waals surface area contributed by atoms with Crippen molar-refractivity contribution in [2.45, 2.75) is 32.7 Å². The molecule has 0 rings (SSSR count). The summed E-state index contributed by atoms with van der Waals surface area (Å²) in [5, 5.41) is 12.3. The lowest BCUT2D eigenvalue weighted by Crippen LogP contribution is -2.37. The summed E-state index contributed by atoms with van der Waals surface area (Å²) in [6.07, 6.45) is 1.65. The second-order valence-corrected chi connectivity index (χ2v) is 4.00. The van der Waals surface area contributed by atoms with Crippen LogP contribution >= 0.6 is 0 Å². The normalized spacial score (nSPS) is 11.5. The number of hydroxylamine groups is 2. The van der Waals surface area contributed by atoms with E-state index in [0.29, 0.717) is 13.0 Å². The Labute approximate surface area is 85.1 Å². The van der Waals surface area contributed by atoms with Gasteiger partial charge in [0.05, 0.1) is 6.61 Å². The van der Waals surface area contributed by atoms with Gasteiger partial charge in [-0.15, -0.1) is 0 Å². The highest BCUT2D eigenvalue weighted by Gasteiger charge is 2.11. The number of carbonyl (C=O) groups excluding carboxylic acids is 1. The number of hydrogen-bond acceptors (Lipinski definition) is 4. The van der Waals surface area contributed by atoms with Gasteiger partial charge in [0.25, 0.3) is 0 Å². The molecule has 0 N–H and O–H groups in total. The first kappa shape index (κ1) is 13.1. The Bertz CT molecular complexity index is 196. The third kappa shape index (κ3) is 5.72. The SMILES string of the molecule is C=CC(=O)OCCCN([O-])C(C)(C)C. The molecule has 0 aliphatic heterocycles. The standard InChI is InChI=1S/C10H18NO3/c1-5-9(12)14-8-6-7-11(13)10(2,3)4/h5H,1,6-8H2,2-4H3/q-1. The molecule has 0 radical (unpaired) electrons. The molecule has 0 amide bonds. The van der Waals surface area contributed by atoms with Crippen LogP contribution in [-0.4, -0.2) is 29.7 Å². The Kier molecular flexibility index (Phi) is 5.42. The van der Waals surface area contributed by atoms with Crippen LogP contribution in [0.25, 0.3) is 0 Å². The van der Waals surface area contributed by atoms with Crippen molar-refractivity contribution in [2.75, 3.05) is 13.2 Å². The number of nitrogens with zero attached hydrogens (tertiary/aromatic N) is 1. The Hall–Kier alpha value is -0.870. The molecule has 0 aliphatic rings. The fourth-order valence-electron chi connectivity index (χ4n) is 0.775. The maximum atomic E-state index is 11.3. The number of ether oxygens (including phenoxy) is 1. The van der Waals surface area contributed by atoms with Crippen LogP contribution in [0.4, 0.5) is 0 Å². The highest BCUT2D eigenvalue weighted by atomic mass is 16.5. The summed E-state index contributed by atoms with van der Waals surface area (Å²) < 4.78 is 4.73. The first-order valence-electron chi connectivity index (χ1n) is 4.62. The van der Waals surface area contributed by atoms with Gasteiger partial charge >= 0.3 is 5.97 Å². The van der Waals surface area contributed by atoms with Crippen molar-refractivity contribution in [1.29, 1.82) is 0 Å². The number of carbonyl (C=O) groups is 1. The van der Waals surface area contributed by atoms with E-state index in [2.05, 4.69) is 6.58 Å². The monoisotopic (exact) mass is 200 g/mol. The molecule has 0 unspecified atom stereocenters. The Morgan fingerprint density at radius 3 is 2.57 bits per heavy atom. The molecule has 14 heavy (non-hydrogen) atoms. The van der Waals surface area contributed by atoms with Gasteiger partial charge in [-0.05, 0) is 33.7 Å². The Balaban J connectivity index is 3.55. The molecule has 0 aromatic heterocycles. The molecule has 0 fully saturated rings. The minimum Gasteiger partial charge on any atom is -0.785 e. The van der Waals surface area contributed by atoms with Crippen LogP contribution in [0.5, 0.6) is 0 Å². The van der Waals surface area contributed by atoms with Crippen molar-refractivity contribution in [1.82, 2.24) is 5.06 Å². The minimum atomic E-state index is -0.446. The van der Waals surface area contributed by atoms with E-state index in [1.807, 2.05) is 20.8 Å². The van der Waals surface area contributed by atoms with E-state index in [1.54, 1.807) is 0 Å². The van der Waals surface area contributed by atoms with Crippen LogP contribution in [0.15, 0.2) is 12.7 Å². The van der Waals surface area contributed by atoms with E-state index < -0.39 is 5.97 Å². The van der Waals surface area contributed by atoms with Gasteiger partial charge in [-0.3, -0.25) is 0 Å². The summed E-state index contributed by atoms with van der Waals surface area (Å²) in [5.74, 6) is -0.446. The number of rotatable bonds is 5. The topological polar surface area (TPSA) is 52.6 Å². The summed E-state index contributed by atoms with van der Waals surface area (Å²) in [7, 11) is 0. The van der Waals surface area contributed by atoms with Crippen molar-refractivity contribution < 1.29 is 9.53 Å². The zero-order valence-electron chi connectivity index (χ0n) is 9.08. The Morgan fingerprint density at radius 1 is 1.57 bits per heavy atom. The molecule has 0 aliphatic carbocycles. The van der Waals surface area contributed by atoms with Crippen LogP contribution in [0.3, 0.4) is 0 Å². The largest absolute Gasteiger partial charge is 0.785 e. The van der Waals surface area contributed by atoms with Crippen molar-refractivity contribution in [3.05, 3.63) is 17.9 Å². The van der Waals surface area contributed by atoms with Gasteiger partial charge in [0.1, 0.15) is 0 Å². The third-order valence-corrected chi connectivity index (χ3v) is 1.66. The molecule has 4 heteroatoms. The van der Waals surface area contributed by atoms with E-state index in [9.17, 15) is 10.0 Å². The van der Waals surface area contributed by atoms with E-state index in [1.165, 1.54) is 0 Å². The lowest BCUT2D eigenvalue weighted by Gasteiger charge is -2.41. The fourth-order valence-corrected chi connectivity index (χ4v) is 0.775. The third-order valence-electron chi connectivity index (χ3n) is 1.66. The maximum Gasteiger partial charge on any atom is 0.330 e. The predicted octanol–water partition coefficient (Wildman–Crippen LogP) is 1.70. The summed E-state index contributed by atoms with van der Waals surface area (Å²) in [6, 6.07) is 0. The van der Waals surface area contributed by atoms with Crippen molar-refractivity contribution in [3.8, 4) is 0 Å². The van der Waals surface area contributed by atoms with Crippen molar-refractivity contribution >= 4 is 5.97 Å². The van der Waals surface area contributed by atoms with Crippen molar-refractivity contribution in [2.24, 2.45) is 0 Å². The second-order valence-electron chi connectivity index (χ2n) is 4.00. The molecule has 0 saturated heterocycles. The van der Waals surface area contributed by atoms with Crippen LogP contribution in [0.2, 0.25) is 0 Å². The fraction of sp³-hybridized carbons (Fsp3) is 0.700. The summed E-state index contributed by atoms with van der Waals surface area (Å²) in [4.78, 5) is 10.6. The number of hydrogen-bond donors (Lipinski definition) is 0. The zero-order valence-corrected chi connectivity index (χ0v) is 9.08. The van der Waals surface area contributed by atoms with E-state index in [0.717, 1.165) is 11.1 Å². The predicted molar refractivity (Wildman–Crippen MR) is 55.6 cm³/mol. The smallest absolute Gasteiger partial charge is 0.330 e. The van der Waals surface area contributed by atoms with Gasteiger partial charge < -0.3 is 15.0 Å². The first-order valence-corrected chi connectivity index (χ1v) is 4.62. The van der Waals surface area contributed by atoms with Gasteiger partial charge in [-0.25, -0.2) is 4.79 Å². The molecular weight excluding hydrogens is 182 g/mol. The van der Waals surface area contributed by atoms with Gasteiger partial charge in [0, 0.05) is 11.6 Å². The molecule has 0 saturated carbocycles. The molecule has 0 spiro atoms. The molecule has 0 heterocycles. The highest BCUT2D eigenvalue weighted by Crippen LogP contribution is 2.11. The zero-order chi connectivity index (χ0) is 11.2. The van der Waals surface area contributed by atoms with Gasteiger partial charge in [-0.2, -0.15) is 0 Å². The average molecular weight is 200 g/mol. The molecular formula is C10H18NO3-. The van der Waals surface area contributed by atoms with Crippen LogP contribution in [0, 0.1) is 5.21 Å². The molecule has 0 atom stereocenters. The average Bonchev–Trinajstić information content (AvgIpc) is 2.09. The van der Waals surface area contributed by atoms with Gasteiger partial charge in [-0.1, -0.05) is 6.58 Å². The van der Waals surface area contributed by atoms with Crippen LogP contribution in [-0.2, 0) is 9.53 Å². The second kappa shape index (κ2) is 5.78. The quantitative estimate of drug-likeness (QED) is 0.293. The lowest BCUT2D eigenvalue weighted by atomic mass is 10.1. The lowest BCUT2D eigenvalue weighted by molar-refractivity contribution is -0.137. The summed E-state index contributed by atoms with van der Waals surface area (Å²) >= 11 is 0. The number of esters is 1. The first-order chi connectivity index (χ1) is 6.38. The minimum absolute atomic E-state index is 0.264. The van der Waals surface area contributed by atoms with E-state index >= 15 is 0 Å². The van der Waals surface area contributed by atoms with Crippen LogP contribution < -0.4 is 0 Å². The molecule has 0 aromatic rings. The van der Waals surface area contributed by atoms with Gasteiger partial charge in [0.2, 0.25) is 0 Å². The molecule has 0 bridgehead atoms. The van der Waals surface area contributed by atoms with E-state index in [-0.39, 0.29) is 12.1 Å². The molecule has 4 nitrogen and oxygen atoms in total. The van der Waals surface area contributed by atoms with Crippen LogP contribution in [0.1, 0.15) is 27.2 Å². The van der Waals surface area contributed by atoms with Crippen molar-refractivity contribution in [3.63, 3.8) is 0 Å². The van der Waals surface area contributed by atoms with E-state index in [4.69, 9.17) is 4.74 Å². The Morgan fingerprint density at radius 2 is 2.14 bits per heavy atom. The maximum absolute atomic E-state index is 11.3. The summed E-state index contributed by atoms with van der Waals surface area (Å²) in [6.45, 7) is 9.43. The molecule has 0 aromatic carbocycles. The van der Waals surface area contributed by atoms with Gasteiger partial charge in [0.15, 0.2) is 0 Å². The highest BCUT2D eigenvalue weighted by molar-refractivity contribution is 5.81. The summed E-state index contributed by atoms with van der Waals surface area (Å²) in [5.41, 5.74) is -0.386. The molecule has 82 valence electrons.